The van der Waals surface area contributed by atoms with Gasteiger partial charge in [-0.05, 0) is 36.1 Å². The van der Waals surface area contributed by atoms with Crippen molar-refractivity contribution in [3.63, 3.8) is 0 Å². The second-order valence-electron chi connectivity index (χ2n) is 2.51. The van der Waals surface area contributed by atoms with Crippen molar-refractivity contribution in [2.45, 2.75) is 24.7 Å². The Kier molecular flexibility index (Phi) is 3.46. The molecule has 0 saturated heterocycles. The minimum Gasteiger partial charge on any atom is -0.274 e. The lowest BCUT2D eigenvalue weighted by atomic mass is 10.1. The van der Waals surface area contributed by atoms with Crippen molar-refractivity contribution in [3.05, 3.63) is 29.8 Å². The van der Waals surface area contributed by atoms with E-state index in [-0.39, 0.29) is 0 Å². The zero-order valence-corrected chi connectivity index (χ0v) is 7.53. The summed E-state index contributed by atoms with van der Waals surface area (Å²) in [4.78, 5) is 1.13. The number of hydrogen-bond acceptors (Lipinski definition) is 2. The van der Waals surface area contributed by atoms with E-state index in [1.165, 1.54) is 23.9 Å². The SMILES string of the molecule is CCCc1ccc(SN)cc1. The third-order valence-corrected chi connectivity index (χ3v) is 2.14. The first-order chi connectivity index (χ1) is 5.36. The van der Waals surface area contributed by atoms with Gasteiger partial charge in [-0.15, -0.1) is 0 Å². The quantitative estimate of drug-likeness (QED) is 0.700. The topological polar surface area (TPSA) is 26.0 Å². The first-order valence-corrected chi connectivity index (χ1v) is 4.70. The van der Waals surface area contributed by atoms with E-state index in [9.17, 15) is 0 Å². The normalized spacial score (nSPS) is 10.0. The van der Waals surface area contributed by atoms with Gasteiger partial charge in [-0.2, -0.15) is 0 Å². The molecule has 60 valence electrons. The fraction of sp³-hybridized carbons (Fsp3) is 0.333. The van der Waals surface area contributed by atoms with Crippen LogP contribution < -0.4 is 5.14 Å². The number of aryl methyl sites for hydroxylation is 1. The summed E-state index contributed by atoms with van der Waals surface area (Å²) in [5.41, 5.74) is 1.39. The third kappa shape index (κ3) is 2.56. The zero-order valence-electron chi connectivity index (χ0n) is 6.71. The van der Waals surface area contributed by atoms with Crippen molar-refractivity contribution in [3.8, 4) is 0 Å². The molecule has 0 saturated carbocycles. The van der Waals surface area contributed by atoms with Crippen LogP contribution in [0.3, 0.4) is 0 Å². The molecule has 1 rings (SSSR count). The summed E-state index contributed by atoms with van der Waals surface area (Å²) in [5.74, 6) is 0. The Morgan fingerprint density at radius 1 is 1.27 bits per heavy atom. The molecule has 0 amide bonds. The van der Waals surface area contributed by atoms with Gasteiger partial charge in [0.25, 0.3) is 0 Å². The van der Waals surface area contributed by atoms with Crippen LogP contribution in [0.2, 0.25) is 0 Å². The number of hydrogen-bond donors (Lipinski definition) is 1. The highest BCUT2D eigenvalue weighted by molar-refractivity contribution is 7.97. The molecule has 2 N–H and O–H groups in total. The highest BCUT2D eigenvalue weighted by atomic mass is 32.2. The molecule has 1 aromatic rings. The Balaban J connectivity index is 2.66. The summed E-state index contributed by atoms with van der Waals surface area (Å²) in [6.07, 6.45) is 2.37. The Morgan fingerprint density at radius 3 is 2.36 bits per heavy atom. The Bertz CT molecular complexity index is 205. The minimum absolute atomic E-state index is 1.13. The molecule has 0 radical (unpaired) electrons. The smallest absolute Gasteiger partial charge is 0.0226 e. The van der Waals surface area contributed by atoms with Crippen molar-refractivity contribution in [1.82, 2.24) is 0 Å². The standard InChI is InChI=1S/C9H13NS/c1-2-3-8-4-6-9(11-10)7-5-8/h4-7H,2-3,10H2,1H3. The van der Waals surface area contributed by atoms with Gasteiger partial charge < -0.3 is 0 Å². The van der Waals surface area contributed by atoms with Crippen LogP contribution >= 0.6 is 11.9 Å². The first kappa shape index (κ1) is 8.62. The van der Waals surface area contributed by atoms with Crippen molar-refractivity contribution < 1.29 is 0 Å². The van der Waals surface area contributed by atoms with Crippen LogP contribution in [0.4, 0.5) is 0 Å². The first-order valence-electron chi connectivity index (χ1n) is 3.82. The van der Waals surface area contributed by atoms with E-state index in [1.807, 2.05) is 0 Å². The maximum atomic E-state index is 5.39. The summed E-state index contributed by atoms with van der Waals surface area (Å²) >= 11 is 1.30. The van der Waals surface area contributed by atoms with Gasteiger partial charge in [-0.3, -0.25) is 5.14 Å². The Hall–Kier alpha value is -0.470. The maximum absolute atomic E-state index is 5.39. The van der Waals surface area contributed by atoms with Gasteiger partial charge in [-0.1, -0.05) is 25.5 Å². The second kappa shape index (κ2) is 4.42. The fourth-order valence-corrected chi connectivity index (χ4v) is 1.32. The number of rotatable bonds is 3. The molecular weight excluding hydrogens is 154 g/mol. The zero-order chi connectivity index (χ0) is 8.10. The summed E-state index contributed by atoms with van der Waals surface area (Å²) < 4.78 is 0. The molecule has 0 aliphatic rings. The maximum Gasteiger partial charge on any atom is 0.0226 e. The molecule has 0 atom stereocenters. The molecule has 0 spiro atoms. The van der Waals surface area contributed by atoms with Crippen LogP contribution in [-0.2, 0) is 6.42 Å². The van der Waals surface area contributed by atoms with Gasteiger partial charge in [-0.25, -0.2) is 0 Å². The predicted molar refractivity (Wildman–Crippen MR) is 50.5 cm³/mol. The van der Waals surface area contributed by atoms with Crippen molar-refractivity contribution >= 4 is 11.9 Å². The fourth-order valence-electron chi connectivity index (χ4n) is 1.02. The van der Waals surface area contributed by atoms with Crippen LogP contribution in [0, 0.1) is 0 Å². The summed E-state index contributed by atoms with van der Waals surface area (Å²) in [7, 11) is 0. The van der Waals surface area contributed by atoms with Crippen LogP contribution in [-0.4, -0.2) is 0 Å². The summed E-state index contributed by atoms with van der Waals surface area (Å²) in [6, 6.07) is 8.41. The highest BCUT2D eigenvalue weighted by Gasteiger charge is 1.91. The average Bonchev–Trinajstić information content (AvgIpc) is 2.07. The average molecular weight is 167 g/mol. The van der Waals surface area contributed by atoms with Crippen molar-refractivity contribution in [2.75, 3.05) is 0 Å². The lowest BCUT2D eigenvalue weighted by Crippen LogP contribution is -1.83. The highest BCUT2D eigenvalue weighted by Crippen LogP contribution is 2.13. The van der Waals surface area contributed by atoms with E-state index in [0.717, 1.165) is 11.3 Å². The van der Waals surface area contributed by atoms with Gasteiger partial charge in [0, 0.05) is 4.90 Å². The van der Waals surface area contributed by atoms with Crippen LogP contribution in [0.5, 0.6) is 0 Å². The molecule has 1 aromatic carbocycles. The second-order valence-corrected chi connectivity index (χ2v) is 3.22. The molecular formula is C9H13NS. The lowest BCUT2D eigenvalue weighted by molar-refractivity contribution is 0.920. The summed E-state index contributed by atoms with van der Waals surface area (Å²) in [5, 5.41) is 5.39. The van der Waals surface area contributed by atoms with Gasteiger partial charge in [0.15, 0.2) is 0 Å². The molecule has 0 aliphatic heterocycles. The van der Waals surface area contributed by atoms with Crippen LogP contribution in [0.1, 0.15) is 18.9 Å². The van der Waals surface area contributed by atoms with Crippen molar-refractivity contribution in [1.29, 1.82) is 0 Å². The molecule has 0 aromatic heterocycles. The molecule has 0 aliphatic carbocycles. The third-order valence-electron chi connectivity index (χ3n) is 1.60. The molecule has 0 bridgehead atoms. The predicted octanol–water partition coefficient (Wildman–Crippen LogP) is 2.60. The lowest BCUT2D eigenvalue weighted by Gasteiger charge is -1.98. The van der Waals surface area contributed by atoms with E-state index in [4.69, 9.17) is 5.14 Å². The number of benzene rings is 1. The van der Waals surface area contributed by atoms with E-state index < -0.39 is 0 Å². The van der Waals surface area contributed by atoms with Gasteiger partial charge >= 0.3 is 0 Å². The van der Waals surface area contributed by atoms with E-state index in [0.29, 0.717) is 0 Å². The van der Waals surface area contributed by atoms with E-state index in [2.05, 4.69) is 31.2 Å². The van der Waals surface area contributed by atoms with Gasteiger partial charge in [0.2, 0.25) is 0 Å². The molecule has 2 heteroatoms. The molecule has 0 fully saturated rings. The van der Waals surface area contributed by atoms with E-state index in [1.54, 1.807) is 0 Å². The number of nitrogens with two attached hydrogens (primary N) is 1. The monoisotopic (exact) mass is 167 g/mol. The molecule has 1 nitrogen and oxygen atoms in total. The molecule has 0 unspecified atom stereocenters. The largest absolute Gasteiger partial charge is 0.274 e. The minimum atomic E-state index is 1.13. The Labute approximate surface area is 72.1 Å². The van der Waals surface area contributed by atoms with Gasteiger partial charge in [0.05, 0.1) is 0 Å². The Morgan fingerprint density at radius 2 is 1.91 bits per heavy atom. The van der Waals surface area contributed by atoms with E-state index >= 15 is 0 Å². The van der Waals surface area contributed by atoms with Gasteiger partial charge in [0.1, 0.15) is 0 Å². The van der Waals surface area contributed by atoms with Crippen LogP contribution in [0.25, 0.3) is 0 Å². The van der Waals surface area contributed by atoms with Crippen molar-refractivity contribution in [2.24, 2.45) is 5.14 Å². The molecule has 0 heterocycles. The van der Waals surface area contributed by atoms with Crippen LogP contribution in [0.15, 0.2) is 29.2 Å². The molecule has 11 heavy (non-hydrogen) atoms. The summed E-state index contributed by atoms with van der Waals surface area (Å²) in [6.45, 7) is 2.19.